The number of nitrogens with one attached hydrogen (secondary N) is 1. The first-order chi connectivity index (χ1) is 9.24. The summed E-state index contributed by atoms with van der Waals surface area (Å²) in [5.74, 6) is -0.123. The molecule has 0 spiro atoms. The lowest BCUT2D eigenvalue weighted by Crippen LogP contribution is -2.46. The maximum absolute atomic E-state index is 12.0. The van der Waals surface area contributed by atoms with Crippen molar-refractivity contribution in [2.45, 2.75) is 31.5 Å². The van der Waals surface area contributed by atoms with Crippen molar-refractivity contribution in [2.75, 3.05) is 6.61 Å². The van der Waals surface area contributed by atoms with E-state index in [0.29, 0.717) is 6.54 Å². The van der Waals surface area contributed by atoms with Gasteiger partial charge in [0, 0.05) is 18.4 Å². The number of ether oxygens (including phenoxy) is 1. The Morgan fingerprint density at radius 3 is 2.84 bits per heavy atom. The summed E-state index contributed by atoms with van der Waals surface area (Å²) in [5, 5.41) is 2.91. The van der Waals surface area contributed by atoms with E-state index < -0.39 is 12.1 Å². The van der Waals surface area contributed by atoms with Crippen molar-refractivity contribution in [2.24, 2.45) is 0 Å². The van der Waals surface area contributed by atoms with Crippen LogP contribution in [0.3, 0.4) is 0 Å². The van der Waals surface area contributed by atoms with Gasteiger partial charge in [-0.2, -0.15) is 0 Å². The fraction of sp³-hybridized carbons (Fsp3) is 0.462. The quantitative estimate of drug-likeness (QED) is 0.865. The largest absolute Gasteiger partial charge is 0.447 e. The van der Waals surface area contributed by atoms with Gasteiger partial charge in [0.05, 0.1) is 6.54 Å². The predicted octanol–water partition coefficient (Wildman–Crippen LogP) is 0.681. The van der Waals surface area contributed by atoms with Crippen molar-refractivity contribution >= 4 is 12.0 Å². The summed E-state index contributed by atoms with van der Waals surface area (Å²) in [7, 11) is 0. The first kappa shape index (κ1) is 12.0. The molecular formula is C13H15N3O3. The highest BCUT2D eigenvalue weighted by Crippen LogP contribution is 2.21. The second kappa shape index (κ2) is 4.87. The van der Waals surface area contributed by atoms with Crippen molar-refractivity contribution in [1.82, 2.24) is 15.2 Å². The van der Waals surface area contributed by atoms with Gasteiger partial charge < -0.3 is 10.1 Å². The summed E-state index contributed by atoms with van der Waals surface area (Å²) in [6.07, 6.45) is 4.94. The molecule has 1 saturated carbocycles. The number of carbonyl (C=O) groups excluding carboxylic acids is 2. The van der Waals surface area contributed by atoms with Crippen LogP contribution < -0.4 is 5.32 Å². The highest BCUT2D eigenvalue weighted by molar-refractivity contribution is 5.88. The minimum Gasteiger partial charge on any atom is -0.447 e. The van der Waals surface area contributed by atoms with Crippen LogP contribution in [0, 0.1) is 0 Å². The Bertz CT molecular complexity index is 487. The van der Waals surface area contributed by atoms with Gasteiger partial charge in [0.2, 0.25) is 5.91 Å². The molecular weight excluding hydrogens is 246 g/mol. The summed E-state index contributed by atoms with van der Waals surface area (Å²) >= 11 is 0. The van der Waals surface area contributed by atoms with Crippen LogP contribution in [0.15, 0.2) is 24.5 Å². The van der Waals surface area contributed by atoms with E-state index in [2.05, 4.69) is 10.3 Å². The van der Waals surface area contributed by atoms with Gasteiger partial charge in [0.1, 0.15) is 12.6 Å². The molecule has 3 rings (SSSR count). The van der Waals surface area contributed by atoms with Crippen molar-refractivity contribution in [3.63, 3.8) is 0 Å². The molecule has 0 unspecified atom stereocenters. The maximum Gasteiger partial charge on any atom is 0.410 e. The van der Waals surface area contributed by atoms with Gasteiger partial charge in [-0.1, -0.05) is 0 Å². The van der Waals surface area contributed by atoms with Gasteiger partial charge in [0.15, 0.2) is 0 Å². The van der Waals surface area contributed by atoms with Gasteiger partial charge in [-0.3, -0.25) is 14.7 Å². The molecule has 1 aliphatic heterocycles. The molecule has 0 radical (unpaired) electrons. The van der Waals surface area contributed by atoms with Gasteiger partial charge in [-0.05, 0) is 30.5 Å². The molecule has 1 N–H and O–H groups in total. The van der Waals surface area contributed by atoms with E-state index in [-0.39, 0.29) is 18.6 Å². The summed E-state index contributed by atoms with van der Waals surface area (Å²) < 4.78 is 4.98. The number of hydrogen-bond acceptors (Lipinski definition) is 4. The average molecular weight is 261 g/mol. The van der Waals surface area contributed by atoms with Crippen LogP contribution >= 0.6 is 0 Å². The van der Waals surface area contributed by atoms with Crippen LogP contribution in [0.1, 0.15) is 18.4 Å². The van der Waals surface area contributed by atoms with Crippen molar-refractivity contribution in [3.05, 3.63) is 30.1 Å². The number of cyclic esters (lactones) is 1. The van der Waals surface area contributed by atoms with E-state index in [1.807, 2.05) is 12.1 Å². The SMILES string of the molecule is O=C(NC1CC1)[C@@H]1COC(=O)N1Cc1ccncc1. The van der Waals surface area contributed by atoms with Gasteiger partial charge >= 0.3 is 6.09 Å². The van der Waals surface area contributed by atoms with Gasteiger partial charge in [0.25, 0.3) is 0 Å². The molecule has 2 fully saturated rings. The lowest BCUT2D eigenvalue weighted by molar-refractivity contribution is -0.125. The summed E-state index contributed by atoms with van der Waals surface area (Å²) in [4.78, 5) is 29.1. The van der Waals surface area contributed by atoms with Crippen LogP contribution in [0.4, 0.5) is 4.79 Å². The number of amides is 2. The Labute approximate surface area is 110 Å². The fourth-order valence-electron chi connectivity index (χ4n) is 2.05. The monoisotopic (exact) mass is 261 g/mol. The molecule has 2 heterocycles. The van der Waals surface area contributed by atoms with Crippen molar-refractivity contribution in [3.8, 4) is 0 Å². The second-order valence-electron chi connectivity index (χ2n) is 4.86. The molecule has 1 aromatic rings. The molecule has 1 aromatic heterocycles. The van der Waals surface area contributed by atoms with E-state index in [0.717, 1.165) is 18.4 Å². The Morgan fingerprint density at radius 1 is 1.42 bits per heavy atom. The van der Waals surface area contributed by atoms with Crippen molar-refractivity contribution in [1.29, 1.82) is 0 Å². The molecule has 6 nitrogen and oxygen atoms in total. The Hall–Kier alpha value is -2.11. The van der Waals surface area contributed by atoms with Gasteiger partial charge in [-0.25, -0.2) is 4.79 Å². The van der Waals surface area contributed by atoms with Gasteiger partial charge in [-0.15, -0.1) is 0 Å². The van der Waals surface area contributed by atoms with E-state index in [4.69, 9.17) is 4.74 Å². The number of rotatable bonds is 4. The third-order valence-corrected chi connectivity index (χ3v) is 3.30. The van der Waals surface area contributed by atoms with E-state index in [1.165, 1.54) is 4.90 Å². The zero-order chi connectivity index (χ0) is 13.2. The number of carbonyl (C=O) groups is 2. The minimum absolute atomic E-state index is 0.123. The topological polar surface area (TPSA) is 71.5 Å². The molecule has 6 heteroatoms. The van der Waals surface area contributed by atoms with E-state index in [9.17, 15) is 9.59 Å². The Morgan fingerprint density at radius 2 is 2.16 bits per heavy atom. The molecule has 100 valence electrons. The molecule has 1 atom stereocenters. The van der Waals surface area contributed by atoms with Crippen LogP contribution in [0.2, 0.25) is 0 Å². The molecule has 2 aliphatic rings. The highest BCUT2D eigenvalue weighted by Gasteiger charge is 2.39. The lowest BCUT2D eigenvalue weighted by atomic mass is 10.2. The third kappa shape index (κ3) is 2.67. The first-order valence-corrected chi connectivity index (χ1v) is 6.37. The molecule has 0 aromatic carbocycles. The van der Waals surface area contributed by atoms with E-state index in [1.54, 1.807) is 12.4 Å². The zero-order valence-electron chi connectivity index (χ0n) is 10.4. The second-order valence-corrected chi connectivity index (χ2v) is 4.86. The molecule has 1 saturated heterocycles. The maximum atomic E-state index is 12.0. The number of hydrogen-bond donors (Lipinski definition) is 1. The summed E-state index contributed by atoms with van der Waals surface area (Å²) in [6.45, 7) is 0.493. The molecule has 1 aliphatic carbocycles. The summed E-state index contributed by atoms with van der Waals surface area (Å²) in [5.41, 5.74) is 0.929. The smallest absolute Gasteiger partial charge is 0.410 e. The number of nitrogens with zero attached hydrogens (tertiary/aromatic N) is 2. The normalized spacial score (nSPS) is 22.2. The predicted molar refractivity (Wildman–Crippen MR) is 66.1 cm³/mol. The Kier molecular flexibility index (Phi) is 3.06. The van der Waals surface area contributed by atoms with Crippen molar-refractivity contribution < 1.29 is 14.3 Å². The summed E-state index contributed by atoms with van der Waals surface area (Å²) in [6, 6.07) is 3.40. The zero-order valence-corrected chi connectivity index (χ0v) is 10.4. The van der Waals surface area contributed by atoms with Crippen LogP contribution in [-0.2, 0) is 16.1 Å². The van der Waals surface area contributed by atoms with Crippen LogP contribution in [-0.4, -0.2) is 40.6 Å². The third-order valence-electron chi connectivity index (χ3n) is 3.30. The lowest BCUT2D eigenvalue weighted by Gasteiger charge is -2.20. The molecule has 0 bridgehead atoms. The molecule has 19 heavy (non-hydrogen) atoms. The van der Waals surface area contributed by atoms with E-state index >= 15 is 0 Å². The minimum atomic E-state index is -0.527. The highest BCUT2D eigenvalue weighted by atomic mass is 16.6. The number of aromatic nitrogens is 1. The first-order valence-electron chi connectivity index (χ1n) is 6.37. The average Bonchev–Trinajstić information content (AvgIpc) is 3.15. The van der Waals surface area contributed by atoms with Crippen LogP contribution in [0.25, 0.3) is 0 Å². The molecule has 2 amide bonds. The number of pyridine rings is 1. The standard InChI is InChI=1S/C13H15N3O3/c17-12(15-10-1-2-10)11-8-19-13(18)16(11)7-9-3-5-14-6-4-9/h3-6,10-11H,1-2,7-8H2,(H,15,17)/t11-/m0/s1. The Balaban J connectivity index is 1.69. The van der Waals surface area contributed by atoms with Crippen LogP contribution in [0.5, 0.6) is 0 Å². The fourth-order valence-corrected chi connectivity index (χ4v) is 2.05.